The molecule has 0 atom stereocenters. The van der Waals surface area contributed by atoms with Gasteiger partial charge in [-0.25, -0.2) is 0 Å². The van der Waals surface area contributed by atoms with Gasteiger partial charge in [-0.05, 0) is 54.4 Å². The normalized spacial score (nSPS) is 11.2. The second-order valence-corrected chi connectivity index (χ2v) is 4.58. The molecule has 2 aromatic rings. The van der Waals surface area contributed by atoms with E-state index in [1.54, 1.807) is 42.8 Å². The van der Waals surface area contributed by atoms with Gasteiger partial charge in [-0.1, -0.05) is 0 Å². The molecule has 6 heteroatoms. The highest BCUT2D eigenvalue weighted by Crippen LogP contribution is 2.26. The van der Waals surface area contributed by atoms with E-state index in [1.165, 1.54) is 13.2 Å². The van der Waals surface area contributed by atoms with Crippen LogP contribution in [0.3, 0.4) is 0 Å². The lowest BCUT2D eigenvalue weighted by molar-refractivity contribution is 0.318. The fourth-order valence-electron chi connectivity index (χ4n) is 1.86. The first-order valence-corrected chi connectivity index (χ1v) is 7.03. The Bertz CT molecular complexity index is 727. The maximum Gasteiger partial charge on any atom is 0.161 e. The summed E-state index contributed by atoms with van der Waals surface area (Å²) in [5, 5.41) is 27.0. The lowest BCUT2D eigenvalue weighted by atomic mass is 10.2. The van der Waals surface area contributed by atoms with E-state index >= 15 is 0 Å². The average molecular weight is 314 g/mol. The van der Waals surface area contributed by atoms with Gasteiger partial charge in [0, 0.05) is 0 Å². The third-order valence-electron chi connectivity index (χ3n) is 2.97. The predicted octanol–water partition coefficient (Wildman–Crippen LogP) is 2.96. The minimum Gasteiger partial charge on any atom is -0.504 e. The number of hydrogen-bond acceptors (Lipinski definition) is 6. The summed E-state index contributed by atoms with van der Waals surface area (Å²) < 4.78 is 10.3. The van der Waals surface area contributed by atoms with Crippen LogP contribution in [0.15, 0.2) is 46.6 Å². The van der Waals surface area contributed by atoms with Gasteiger partial charge >= 0.3 is 0 Å². The molecule has 0 bridgehead atoms. The maximum atomic E-state index is 9.63. The van der Waals surface area contributed by atoms with Crippen LogP contribution in [0, 0.1) is 0 Å². The van der Waals surface area contributed by atoms with Gasteiger partial charge in [0.1, 0.15) is 0 Å². The highest BCUT2D eigenvalue weighted by Gasteiger charge is 2.02. The van der Waals surface area contributed by atoms with Crippen LogP contribution in [0.25, 0.3) is 0 Å². The van der Waals surface area contributed by atoms with Crippen molar-refractivity contribution in [3.63, 3.8) is 0 Å². The van der Waals surface area contributed by atoms with E-state index in [4.69, 9.17) is 9.47 Å². The molecule has 0 aromatic heterocycles. The second kappa shape index (κ2) is 7.84. The standard InChI is InChI=1S/C17H18N2O4/c1-3-23-17-9-13(5-7-15(17)21)11-19-18-10-12-4-6-14(20)16(8-12)22-2/h4-11,20-21H,3H2,1-2H3/b18-10+,19-11+. The molecule has 23 heavy (non-hydrogen) atoms. The first kappa shape index (κ1) is 16.4. The summed E-state index contributed by atoms with van der Waals surface area (Å²) in [5.74, 6) is 0.936. The van der Waals surface area contributed by atoms with E-state index in [0.717, 1.165) is 11.1 Å². The van der Waals surface area contributed by atoms with Crippen molar-refractivity contribution < 1.29 is 19.7 Å². The van der Waals surface area contributed by atoms with Crippen LogP contribution in [0.2, 0.25) is 0 Å². The molecule has 2 N–H and O–H groups in total. The van der Waals surface area contributed by atoms with Crippen LogP contribution in [0.5, 0.6) is 23.0 Å². The summed E-state index contributed by atoms with van der Waals surface area (Å²) in [5.41, 5.74) is 1.50. The monoisotopic (exact) mass is 314 g/mol. The van der Waals surface area contributed by atoms with E-state index in [0.29, 0.717) is 18.1 Å². The number of phenolic OH excluding ortho intramolecular Hbond substituents is 2. The molecule has 120 valence electrons. The topological polar surface area (TPSA) is 83.6 Å². The molecule has 0 amide bonds. The molecule has 0 radical (unpaired) electrons. The zero-order valence-electron chi connectivity index (χ0n) is 12.9. The van der Waals surface area contributed by atoms with Crippen molar-refractivity contribution in [2.24, 2.45) is 10.2 Å². The van der Waals surface area contributed by atoms with Gasteiger partial charge in [-0.15, -0.1) is 0 Å². The van der Waals surface area contributed by atoms with Gasteiger partial charge in [-0.2, -0.15) is 10.2 Å². The summed E-state index contributed by atoms with van der Waals surface area (Å²) in [4.78, 5) is 0. The lowest BCUT2D eigenvalue weighted by Gasteiger charge is -2.05. The van der Waals surface area contributed by atoms with Crippen LogP contribution < -0.4 is 9.47 Å². The van der Waals surface area contributed by atoms with Crippen molar-refractivity contribution in [3.05, 3.63) is 47.5 Å². The molecule has 2 aromatic carbocycles. The van der Waals surface area contributed by atoms with Crippen LogP contribution in [-0.2, 0) is 0 Å². The van der Waals surface area contributed by atoms with Gasteiger partial charge < -0.3 is 19.7 Å². The fraction of sp³-hybridized carbons (Fsp3) is 0.176. The Morgan fingerprint density at radius 3 is 1.96 bits per heavy atom. The lowest BCUT2D eigenvalue weighted by Crippen LogP contribution is -1.93. The van der Waals surface area contributed by atoms with Crippen molar-refractivity contribution in [1.29, 1.82) is 0 Å². The Morgan fingerprint density at radius 2 is 1.43 bits per heavy atom. The van der Waals surface area contributed by atoms with Crippen LogP contribution in [0.4, 0.5) is 0 Å². The first-order chi connectivity index (χ1) is 11.1. The van der Waals surface area contributed by atoms with Gasteiger partial charge in [0.25, 0.3) is 0 Å². The van der Waals surface area contributed by atoms with Crippen molar-refractivity contribution >= 4 is 12.4 Å². The Hall–Kier alpha value is -3.02. The van der Waals surface area contributed by atoms with Gasteiger partial charge in [0.2, 0.25) is 0 Å². The number of benzene rings is 2. The summed E-state index contributed by atoms with van der Waals surface area (Å²) in [6.07, 6.45) is 3.10. The highest BCUT2D eigenvalue weighted by molar-refractivity contribution is 5.83. The molecule has 0 aliphatic rings. The summed E-state index contributed by atoms with van der Waals surface area (Å²) >= 11 is 0. The molecule has 0 aliphatic heterocycles. The van der Waals surface area contributed by atoms with Gasteiger partial charge in [-0.3, -0.25) is 0 Å². The third kappa shape index (κ3) is 4.47. The Labute approximate surface area is 134 Å². The molecular formula is C17H18N2O4. The zero-order valence-corrected chi connectivity index (χ0v) is 12.9. The number of methoxy groups -OCH3 is 1. The fourth-order valence-corrected chi connectivity index (χ4v) is 1.86. The molecule has 0 unspecified atom stereocenters. The van der Waals surface area contributed by atoms with Crippen molar-refractivity contribution in [2.45, 2.75) is 6.92 Å². The number of phenols is 2. The maximum absolute atomic E-state index is 9.63. The second-order valence-electron chi connectivity index (χ2n) is 4.58. The Kier molecular flexibility index (Phi) is 5.57. The Balaban J connectivity index is 2.08. The molecule has 6 nitrogen and oxygen atoms in total. The summed E-state index contributed by atoms with van der Waals surface area (Å²) in [6.45, 7) is 2.31. The average Bonchev–Trinajstić information content (AvgIpc) is 2.56. The predicted molar refractivity (Wildman–Crippen MR) is 89.1 cm³/mol. The minimum atomic E-state index is 0.0701. The molecule has 0 spiro atoms. The molecule has 0 aliphatic carbocycles. The van der Waals surface area contributed by atoms with Crippen molar-refractivity contribution in [2.75, 3.05) is 13.7 Å². The number of hydrogen-bond donors (Lipinski definition) is 2. The zero-order chi connectivity index (χ0) is 16.7. The van der Waals surface area contributed by atoms with E-state index in [-0.39, 0.29) is 11.5 Å². The minimum absolute atomic E-state index is 0.0701. The van der Waals surface area contributed by atoms with Crippen LogP contribution in [-0.4, -0.2) is 36.4 Å². The van der Waals surface area contributed by atoms with E-state index in [2.05, 4.69) is 10.2 Å². The molecule has 2 rings (SSSR count). The van der Waals surface area contributed by atoms with Crippen molar-refractivity contribution in [1.82, 2.24) is 0 Å². The highest BCUT2D eigenvalue weighted by atomic mass is 16.5. The van der Waals surface area contributed by atoms with Gasteiger partial charge in [0.05, 0.1) is 26.1 Å². The molecular weight excluding hydrogens is 296 g/mol. The number of rotatable bonds is 6. The summed E-state index contributed by atoms with van der Waals surface area (Å²) in [6, 6.07) is 9.81. The third-order valence-corrected chi connectivity index (χ3v) is 2.97. The quantitative estimate of drug-likeness (QED) is 0.634. The van der Waals surface area contributed by atoms with E-state index < -0.39 is 0 Å². The molecule has 0 saturated heterocycles. The van der Waals surface area contributed by atoms with Crippen molar-refractivity contribution in [3.8, 4) is 23.0 Å². The van der Waals surface area contributed by atoms with E-state index in [9.17, 15) is 10.2 Å². The van der Waals surface area contributed by atoms with Crippen LogP contribution >= 0.6 is 0 Å². The van der Waals surface area contributed by atoms with Gasteiger partial charge in [0.15, 0.2) is 23.0 Å². The van der Waals surface area contributed by atoms with E-state index in [1.807, 2.05) is 6.92 Å². The number of ether oxygens (including phenoxy) is 2. The molecule has 0 fully saturated rings. The largest absolute Gasteiger partial charge is 0.504 e. The molecule has 0 saturated carbocycles. The number of nitrogens with zero attached hydrogens (tertiary/aromatic N) is 2. The Morgan fingerprint density at radius 1 is 0.913 bits per heavy atom. The smallest absolute Gasteiger partial charge is 0.161 e. The van der Waals surface area contributed by atoms with Crippen LogP contribution in [0.1, 0.15) is 18.1 Å². The molecule has 0 heterocycles. The summed E-state index contributed by atoms with van der Waals surface area (Å²) in [7, 11) is 1.48. The SMILES string of the molecule is CCOc1cc(/C=N/N=C/c2ccc(O)c(OC)c2)ccc1O. The first-order valence-electron chi connectivity index (χ1n) is 7.03. The number of aromatic hydroxyl groups is 2.